The van der Waals surface area contributed by atoms with Crippen molar-refractivity contribution in [2.24, 2.45) is 7.05 Å². The van der Waals surface area contributed by atoms with Gasteiger partial charge in [0.1, 0.15) is 5.82 Å². The Kier molecular flexibility index (Phi) is 5.82. The van der Waals surface area contributed by atoms with Gasteiger partial charge in [0.25, 0.3) is 0 Å². The number of nitrogens with one attached hydrogen (secondary N) is 1. The highest BCUT2D eigenvalue weighted by molar-refractivity contribution is 7.92. The molecule has 0 radical (unpaired) electrons. The molecule has 1 N–H and O–H groups in total. The number of sulfonamides is 1. The van der Waals surface area contributed by atoms with E-state index in [0.29, 0.717) is 21.8 Å². The third-order valence-electron chi connectivity index (χ3n) is 4.57. The van der Waals surface area contributed by atoms with E-state index in [1.165, 1.54) is 12.1 Å². The molecule has 0 saturated heterocycles. The molecule has 5 nitrogen and oxygen atoms in total. The molecule has 152 valence electrons. The van der Waals surface area contributed by atoms with Crippen LogP contribution in [0.15, 0.2) is 48.5 Å². The zero-order chi connectivity index (χ0) is 21.3. The normalized spacial score (nSPS) is 11.5. The maximum absolute atomic E-state index is 14.5. The van der Waals surface area contributed by atoms with Gasteiger partial charge in [0.05, 0.1) is 17.6 Å². The molecule has 8 heteroatoms. The van der Waals surface area contributed by atoms with Gasteiger partial charge in [-0.2, -0.15) is 0 Å². The van der Waals surface area contributed by atoms with Crippen molar-refractivity contribution in [3.63, 3.8) is 0 Å². The molecule has 3 aromatic rings. The summed E-state index contributed by atoms with van der Waals surface area (Å²) in [5.74, 6) is -0.663. The predicted molar refractivity (Wildman–Crippen MR) is 113 cm³/mol. The Labute approximate surface area is 174 Å². The van der Waals surface area contributed by atoms with Crippen LogP contribution < -0.4 is 4.72 Å². The summed E-state index contributed by atoms with van der Waals surface area (Å²) in [6.45, 7) is 1.84. The van der Waals surface area contributed by atoms with E-state index in [4.69, 9.17) is 11.6 Å². The molecule has 0 spiro atoms. The van der Waals surface area contributed by atoms with Crippen LogP contribution in [0.5, 0.6) is 0 Å². The van der Waals surface area contributed by atoms with E-state index in [1.54, 1.807) is 35.9 Å². The number of benzene rings is 2. The van der Waals surface area contributed by atoms with E-state index in [2.05, 4.69) is 4.72 Å². The first kappa shape index (κ1) is 21.1. The highest BCUT2D eigenvalue weighted by Gasteiger charge is 2.19. The standard InChI is InChI=1S/C21H20ClFN2O3S/c1-13-10-18(11-15-6-9-17(12-19(15)23)24-29(3,27)28)25(2)20(13)21(26)14-4-7-16(22)8-5-14/h4-10,12,24H,11H2,1-3H3. The Bertz CT molecular complexity index is 1190. The minimum Gasteiger partial charge on any atom is -0.344 e. The first-order chi connectivity index (χ1) is 13.5. The molecule has 0 aliphatic heterocycles. The number of aromatic nitrogens is 1. The fourth-order valence-corrected chi connectivity index (χ4v) is 3.91. The molecule has 0 saturated carbocycles. The van der Waals surface area contributed by atoms with Crippen LogP contribution in [-0.2, 0) is 23.5 Å². The Morgan fingerprint density at radius 2 is 1.79 bits per heavy atom. The summed E-state index contributed by atoms with van der Waals surface area (Å²) in [7, 11) is -1.71. The lowest BCUT2D eigenvalue weighted by atomic mass is 10.1. The Morgan fingerprint density at radius 1 is 1.14 bits per heavy atom. The SMILES string of the molecule is Cc1cc(Cc2ccc(NS(C)(=O)=O)cc2F)n(C)c1C(=O)c1ccc(Cl)cc1. The lowest BCUT2D eigenvalue weighted by molar-refractivity contribution is 0.103. The van der Waals surface area contributed by atoms with Gasteiger partial charge in [-0.05, 0) is 60.5 Å². The van der Waals surface area contributed by atoms with E-state index in [0.717, 1.165) is 23.6 Å². The number of hydrogen-bond acceptors (Lipinski definition) is 3. The molecule has 0 fully saturated rings. The average molecular weight is 435 g/mol. The fraction of sp³-hybridized carbons (Fsp3) is 0.190. The maximum Gasteiger partial charge on any atom is 0.229 e. The summed E-state index contributed by atoms with van der Waals surface area (Å²) < 4.78 is 41.1. The van der Waals surface area contributed by atoms with Gasteiger partial charge in [0, 0.05) is 29.7 Å². The van der Waals surface area contributed by atoms with E-state index in [1.807, 2.05) is 13.0 Å². The third kappa shape index (κ3) is 4.86. The van der Waals surface area contributed by atoms with Gasteiger partial charge in [0.15, 0.2) is 0 Å². The van der Waals surface area contributed by atoms with E-state index in [-0.39, 0.29) is 17.9 Å². The zero-order valence-corrected chi connectivity index (χ0v) is 17.7. The molecule has 1 aromatic heterocycles. The van der Waals surface area contributed by atoms with Crippen LogP contribution >= 0.6 is 11.6 Å². The van der Waals surface area contributed by atoms with Crippen molar-refractivity contribution in [1.29, 1.82) is 0 Å². The number of aryl methyl sites for hydroxylation is 1. The second-order valence-corrected chi connectivity index (χ2v) is 9.10. The molecule has 0 bridgehead atoms. The third-order valence-corrected chi connectivity index (χ3v) is 5.43. The largest absolute Gasteiger partial charge is 0.344 e. The molecule has 0 aliphatic rings. The van der Waals surface area contributed by atoms with Crippen LogP contribution in [0.1, 0.15) is 32.9 Å². The second kappa shape index (κ2) is 8.00. The lowest BCUT2D eigenvalue weighted by Crippen LogP contribution is -2.11. The van der Waals surface area contributed by atoms with Crippen LogP contribution in [-0.4, -0.2) is 25.0 Å². The molecule has 1 heterocycles. The summed E-state index contributed by atoms with van der Waals surface area (Å²) >= 11 is 5.89. The van der Waals surface area contributed by atoms with Crippen molar-refractivity contribution >= 4 is 33.1 Å². The van der Waals surface area contributed by atoms with Crippen LogP contribution in [0.4, 0.5) is 10.1 Å². The number of hydrogen-bond donors (Lipinski definition) is 1. The minimum atomic E-state index is -3.48. The van der Waals surface area contributed by atoms with Crippen molar-refractivity contribution in [3.8, 4) is 0 Å². The van der Waals surface area contributed by atoms with Gasteiger partial charge in [-0.1, -0.05) is 17.7 Å². The first-order valence-corrected chi connectivity index (χ1v) is 11.0. The molecule has 29 heavy (non-hydrogen) atoms. The molecule has 0 aliphatic carbocycles. The van der Waals surface area contributed by atoms with Gasteiger partial charge in [-0.25, -0.2) is 12.8 Å². The lowest BCUT2D eigenvalue weighted by Gasteiger charge is -2.10. The van der Waals surface area contributed by atoms with Crippen molar-refractivity contribution in [2.75, 3.05) is 11.0 Å². The Hall–Kier alpha value is -2.64. The van der Waals surface area contributed by atoms with Crippen LogP contribution in [0.25, 0.3) is 0 Å². The predicted octanol–water partition coefficient (Wildman–Crippen LogP) is 4.32. The second-order valence-electron chi connectivity index (χ2n) is 6.92. The molecule has 2 aromatic carbocycles. The van der Waals surface area contributed by atoms with Gasteiger partial charge in [-0.3, -0.25) is 9.52 Å². The molecular formula is C21H20ClFN2O3S. The van der Waals surface area contributed by atoms with E-state index in [9.17, 15) is 17.6 Å². The van der Waals surface area contributed by atoms with Crippen molar-refractivity contribution in [1.82, 2.24) is 4.57 Å². The smallest absolute Gasteiger partial charge is 0.229 e. The number of nitrogens with zero attached hydrogens (tertiary/aromatic N) is 1. The fourth-order valence-electron chi connectivity index (χ4n) is 3.23. The number of carbonyl (C=O) groups is 1. The Morgan fingerprint density at radius 3 is 2.38 bits per heavy atom. The molecule has 3 rings (SSSR count). The Balaban J connectivity index is 1.89. The van der Waals surface area contributed by atoms with Crippen molar-refractivity contribution in [3.05, 3.63) is 87.4 Å². The molecule has 0 unspecified atom stereocenters. The van der Waals surface area contributed by atoms with Gasteiger partial charge in [0.2, 0.25) is 15.8 Å². The summed E-state index contributed by atoms with van der Waals surface area (Å²) in [6.07, 6.45) is 1.26. The highest BCUT2D eigenvalue weighted by atomic mass is 35.5. The molecule has 0 amide bonds. The zero-order valence-electron chi connectivity index (χ0n) is 16.2. The van der Waals surface area contributed by atoms with Crippen LogP contribution in [0.2, 0.25) is 5.02 Å². The molecule has 0 atom stereocenters. The summed E-state index contributed by atoms with van der Waals surface area (Å²) in [5.41, 5.74) is 3.16. The van der Waals surface area contributed by atoms with Crippen LogP contribution in [0.3, 0.4) is 0 Å². The number of rotatable bonds is 6. The van der Waals surface area contributed by atoms with Gasteiger partial charge in [-0.15, -0.1) is 0 Å². The average Bonchev–Trinajstić information content (AvgIpc) is 2.89. The van der Waals surface area contributed by atoms with Crippen LogP contribution in [0, 0.1) is 12.7 Å². The van der Waals surface area contributed by atoms with E-state index < -0.39 is 15.8 Å². The van der Waals surface area contributed by atoms with Gasteiger partial charge >= 0.3 is 0 Å². The summed E-state index contributed by atoms with van der Waals surface area (Å²) in [5, 5.41) is 0.551. The van der Waals surface area contributed by atoms with Crippen molar-refractivity contribution in [2.45, 2.75) is 13.3 Å². The number of anilines is 1. The minimum absolute atomic E-state index is 0.138. The highest BCUT2D eigenvalue weighted by Crippen LogP contribution is 2.23. The van der Waals surface area contributed by atoms with Gasteiger partial charge < -0.3 is 4.57 Å². The van der Waals surface area contributed by atoms with Crippen molar-refractivity contribution < 1.29 is 17.6 Å². The number of carbonyl (C=O) groups excluding carboxylic acids is 1. The number of ketones is 1. The molecular weight excluding hydrogens is 415 g/mol. The summed E-state index contributed by atoms with van der Waals surface area (Å²) in [6, 6.07) is 12.7. The quantitative estimate of drug-likeness (QED) is 0.587. The first-order valence-electron chi connectivity index (χ1n) is 8.77. The summed E-state index contributed by atoms with van der Waals surface area (Å²) in [4.78, 5) is 12.9. The maximum atomic E-state index is 14.5. The number of halogens is 2. The topological polar surface area (TPSA) is 68.2 Å². The van der Waals surface area contributed by atoms with E-state index >= 15 is 0 Å². The monoisotopic (exact) mass is 434 g/mol.